The highest BCUT2D eigenvalue weighted by Gasteiger charge is 2.43. The number of rotatable bonds is 6. The van der Waals surface area contributed by atoms with Crippen molar-refractivity contribution in [3.63, 3.8) is 0 Å². The smallest absolute Gasteiger partial charge is 0.237 e. The molecule has 1 saturated carbocycles. The zero-order valence-electron chi connectivity index (χ0n) is 10.8. The van der Waals surface area contributed by atoms with Crippen LogP contribution in [-0.4, -0.2) is 34.7 Å². The van der Waals surface area contributed by atoms with Gasteiger partial charge in [-0.15, -0.1) is 0 Å². The third-order valence-corrected chi connectivity index (χ3v) is 3.42. The fourth-order valence-electron chi connectivity index (χ4n) is 1.55. The minimum Gasteiger partial charge on any atom is -0.394 e. The van der Waals surface area contributed by atoms with Crippen LogP contribution >= 0.6 is 0 Å². The Morgan fingerprint density at radius 1 is 1.50 bits per heavy atom. The van der Waals surface area contributed by atoms with Crippen molar-refractivity contribution < 1.29 is 9.90 Å². The van der Waals surface area contributed by atoms with Gasteiger partial charge < -0.3 is 10.4 Å². The maximum Gasteiger partial charge on any atom is 0.237 e. The first-order valence-corrected chi connectivity index (χ1v) is 6.05. The van der Waals surface area contributed by atoms with Crippen molar-refractivity contribution >= 4 is 5.91 Å². The molecule has 94 valence electrons. The van der Waals surface area contributed by atoms with Crippen molar-refractivity contribution in [1.82, 2.24) is 10.6 Å². The lowest BCUT2D eigenvalue weighted by Crippen LogP contribution is -2.54. The molecular formula is C12H24N2O2. The molecule has 0 heterocycles. The van der Waals surface area contributed by atoms with Gasteiger partial charge in [0.2, 0.25) is 5.91 Å². The maximum absolute atomic E-state index is 11.9. The van der Waals surface area contributed by atoms with Gasteiger partial charge in [-0.2, -0.15) is 0 Å². The molecule has 0 aromatic rings. The molecule has 1 aliphatic carbocycles. The Balaban J connectivity index is 2.42. The largest absolute Gasteiger partial charge is 0.394 e. The molecule has 0 aliphatic heterocycles. The van der Waals surface area contributed by atoms with E-state index in [1.165, 1.54) is 0 Å². The Morgan fingerprint density at radius 2 is 2.06 bits per heavy atom. The van der Waals surface area contributed by atoms with E-state index in [0.717, 1.165) is 19.3 Å². The molecule has 1 rings (SSSR count). The van der Waals surface area contributed by atoms with Crippen LogP contribution in [-0.2, 0) is 4.79 Å². The van der Waals surface area contributed by atoms with Crippen molar-refractivity contribution in [2.45, 2.75) is 64.1 Å². The van der Waals surface area contributed by atoms with Gasteiger partial charge in [0.1, 0.15) is 0 Å². The monoisotopic (exact) mass is 228 g/mol. The van der Waals surface area contributed by atoms with E-state index in [-0.39, 0.29) is 29.6 Å². The van der Waals surface area contributed by atoms with E-state index in [1.54, 1.807) is 0 Å². The molecule has 3 N–H and O–H groups in total. The van der Waals surface area contributed by atoms with Gasteiger partial charge in [0.05, 0.1) is 12.6 Å². The SMILES string of the molecule is CCC(C)(C)NC(=O)C(C)NC1(CO)CC1. The molecule has 1 atom stereocenters. The molecule has 1 aliphatic rings. The Labute approximate surface area is 97.8 Å². The van der Waals surface area contributed by atoms with Gasteiger partial charge in [-0.3, -0.25) is 10.1 Å². The quantitative estimate of drug-likeness (QED) is 0.630. The van der Waals surface area contributed by atoms with Crippen LogP contribution in [0.3, 0.4) is 0 Å². The van der Waals surface area contributed by atoms with E-state index >= 15 is 0 Å². The lowest BCUT2D eigenvalue weighted by atomic mass is 10.0. The first-order chi connectivity index (χ1) is 7.34. The highest BCUT2D eigenvalue weighted by Crippen LogP contribution is 2.34. The van der Waals surface area contributed by atoms with Crippen LogP contribution in [0.5, 0.6) is 0 Å². The van der Waals surface area contributed by atoms with Gasteiger partial charge in [0, 0.05) is 11.1 Å². The molecule has 4 nitrogen and oxygen atoms in total. The summed E-state index contributed by atoms with van der Waals surface area (Å²) in [6.07, 6.45) is 2.81. The predicted molar refractivity (Wildman–Crippen MR) is 64.2 cm³/mol. The van der Waals surface area contributed by atoms with E-state index in [0.29, 0.717) is 0 Å². The molecule has 0 radical (unpaired) electrons. The Bertz CT molecular complexity index is 260. The second kappa shape index (κ2) is 4.72. The van der Waals surface area contributed by atoms with Gasteiger partial charge in [-0.25, -0.2) is 0 Å². The van der Waals surface area contributed by atoms with Gasteiger partial charge in [-0.1, -0.05) is 6.92 Å². The zero-order chi connectivity index (χ0) is 12.4. The maximum atomic E-state index is 11.9. The zero-order valence-corrected chi connectivity index (χ0v) is 10.8. The lowest BCUT2D eigenvalue weighted by Gasteiger charge is -2.28. The normalized spacial score (nSPS) is 20.3. The van der Waals surface area contributed by atoms with Gasteiger partial charge >= 0.3 is 0 Å². The van der Waals surface area contributed by atoms with Crippen LogP contribution in [0.15, 0.2) is 0 Å². The Morgan fingerprint density at radius 3 is 2.44 bits per heavy atom. The minimum absolute atomic E-state index is 0.00609. The van der Waals surface area contributed by atoms with E-state index in [1.807, 2.05) is 20.8 Å². The van der Waals surface area contributed by atoms with Gasteiger partial charge in [0.15, 0.2) is 0 Å². The Hall–Kier alpha value is -0.610. The predicted octanol–water partition coefficient (Wildman–Crippen LogP) is 0.794. The first-order valence-electron chi connectivity index (χ1n) is 6.05. The van der Waals surface area contributed by atoms with Crippen molar-refractivity contribution in [1.29, 1.82) is 0 Å². The summed E-state index contributed by atoms with van der Waals surface area (Å²) in [6, 6.07) is -0.250. The summed E-state index contributed by atoms with van der Waals surface area (Å²) in [5.74, 6) is 0.00609. The standard InChI is InChI=1S/C12H24N2O2/c1-5-11(3,4)14-10(16)9(2)13-12(8-15)6-7-12/h9,13,15H,5-8H2,1-4H3,(H,14,16). The summed E-state index contributed by atoms with van der Waals surface area (Å²) < 4.78 is 0. The number of hydrogen-bond donors (Lipinski definition) is 3. The number of amides is 1. The minimum atomic E-state index is -0.250. The molecule has 1 fully saturated rings. The van der Waals surface area contributed by atoms with Crippen LogP contribution < -0.4 is 10.6 Å². The molecule has 0 bridgehead atoms. The number of aliphatic hydroxyl groups is 1. The van der Waals surface area contributed by atoms with Crippen molar-refractivity contribution in [3.05, 3.63) is 0 Å². The van der Waals surface area contributed by atoms with Crippen LogP contribution in [0.4, 0.5) is 0 Å². The fraction of sp³-hybridized carbons (Fsp3) is 0.917. The number of hydrogen-bond acceptors (Lipinski definition) is 3. The topological polar surface area (TPSA) is 61.4 Å². The average molecular weight is 228 g/mol. The van der Waals surface area contributed by atoms with Crippen molar-refractivity contribution in [2.24, 2.45) is 0 Å². The molecule has 0 spiro atoms. The number of nitrogens with one attached hydrogen (secondary N) is 2. The van der Waals surface area contributed by atoms with Gasteiger partial charge in [-0.05, 0) is 40.0 Å². The van der Waals surface area contributed by atoms with E-state index in [4.69, 9.17) is 0 Å². The summed E-state index contributed by atoms with van der Waals surface area (Å²) in [6.45, 7) is 8.03. The summed E-state index contributed by atoms with van der Waals surface area (Å²) in [7, 11) is 0. The summed E-state index contributed by atoms with van der Waals surface area (Å²) >= 11 is 0. The average Bonchev–Trinajstić information content (AvgIpc) is 2.98. The third-order valence-electron chi connectivity index (χ3n) is 3.42. The molecule has 1 amide bonds. The highest BCUT2D eigenvalue weighted by atomic mass is 16.3. The van der Waals surface area contributed by atoms with E-state index < -0.39 is 0 Å². The summed E-state index contributed by atoms with van der Waals surface area (Å²) in [5, 5.41) is 15.4. The summed E-state index contributed by atoms with van der Waals surface area (Å²) in [5.41, 5.74) is -0.351. The molecule has 1 unspecified atom stereocenters. The van der Waals surface area contributed by atoms with Crippen LogP contribution in [0, 0.1) is 0 Å². The molecule has 0 saturated heterocycles. The second-order valence-electron chi connectivity index (χ2n) is 5.53. The molecule has 4 heteroatoms. The van der Waals surface area contributed by atoms with E-state index in [2.05, 4.69) is 17.6 Å². The van der Waals surface area contributed by atoms with Gasteiger partial charge in [0.25, 0.3) is 0 Å². The van der Waals surface area contributed by atoms with Crippen LogP contribution in [0.1, 0.15) is 47.0 Å². The van der Waals surface area contributed by atoms with Crippen LogP contribution in [0.2, 0.25) is 0 Å². The molecular weight excluding hydrogens is 204 g/mol. The molecule has 0 aromatic heterocycles. The van der Waals surface area contributed by atoms with Crippen molar-refractivity contribution in [3.8, 4) is 0 Å². The highest BCUT2D eigenvalue weighted by molar-refractivity contribution is 5.82. The Kier molecular flexibility index (Phi) is 3.97. The second-order valence-corrected chi connectivity index (χ2v) is 5.53. The molecule has 0 aromatic carbocycles. The fourth-order valence-corrected chi connectivity index (χ4v) is 1.55. The molecule has 16 heavy (non-hydrogen) atoms. The number of carbonyl (C=O) groups excluding carboxylic acids is 1. The number of aliphatic hydroxyl groups excluding tert-OH is 1. The first kappa shape index (κ1) is 13.5. The summed E-state index contributed by atoms with van der Waals surface area (Å²) in [4.78, 5) is 11.9. The number of carbonyl (C=O) groups is 1. The van der Waals surface area contributed by atoms with Crippen LogP contribution in [0.25, 0.3) is 0 Å². The van der Waals surface area contributed by atoms with Crippen molar-refractivity contribution in [2.75, 3.05) is 6.61 Å². The third kappa shape index (κ3) is 3.46. The van der Waals surface area contributed by atoms with E-state index in [9.17, 15) is 9.90 Å². The lowest BCUT2D eigenvalue weighted by molar-refractivity contribution is -0.124.